The van der Waals surface area contributed by atoms with Gasteiger partial charge in [0.15, 0.2) is 0 Å². The number of hydrogen-bond donors (Lipinski definition) is 1. The molecule has 2 nitrogen and oxygen atoms in total. The molecule has 0 spiro atoms. The van der Waals surface area contributed by atoms with Crippen LogP contribution in [0.15, 0.2) is 42.5 Å². The van der Waals surface area contributed by atoms with Gasteiger partial charge in [0, 0.05) is 11.1 Å². The van der Waals surface area contributed by atoms with E-state index in [-0.39, 0.29) is 16.9 Å². The minimum atomic E-state index is -0.605. The van der Waals surface area contributed by atoms with E-state index in [0.717, 1.165) is 0 Å². The number of rotatable bonds is 1. The first-order valence-electron chi connectivity index (χ1n) is 4.71. The van der Waals surface area contributed by atoms with E-state index in [1.165, 1.54) is 18.2 Å². The summed E-state index contributed by atoms with van der Waals surface area (Å²) in [6.45, 7) is 0. The highest BCUT2D eigenvalue weighted by Crippen LogP contribution is 2.31. The van der Waals surface area contributed by atoms with Gasteiger partial charge in [-0.2, -0.15) is 5.26 Å². The van der Waals surface area contributed by atoms with E-state index in [2.05, 4.69) is 0 Å². The van der Waals surface area contributed by atoms with Crippen LogP contribution in [0.3, 0.4) is 0 Å². The first-order chi connectivity index (χ1) is 7.74. The lowest BCUT2D eigenvalue weighted by Gasteiger charge is -2.06. The third-order valence-electron chi connectivity index (χ3n) is 2.31. The number of phenols is 1. The highest BCUT2D eigenvalue weighted by atomic mass is 19.1. The van der Waals surface area contributed by atoms with Gasteiger partial charge in [-0.3, -0.25) is 0 Å². The van der Waals surface area contributed by atoms with E-state index < -0.39 is 5.82 Å². The summed E-state index contributed by atoms with van der Waals surface area (Å²) in [7, 11) is 0. The Morgan fingerprint density at radius 2 is 1.69 bits per heavy atom. The SMILES string of the molecule is N#Cc1cccc(-c2ccccc2O)c1F. The monoisotopic (exact) mass is 213 g/mol. The van der Waals surface area contributed by atoms with E-state index in [0.29, 0.717) is 5.56 Å². The molecule has 0 atom stereocenters. The molecule has 3 heteroatoms. The number of nitriles is 1. The van der Waals surface area contributed by atoms with Crippen LogP contribution in [0.1, 0.15) is 5.56 Å². The van der Waals surface area contributed by atoms with Crippen molar-refractivity contribution in [2.45, 2.75) is 0 Å². The van der Waals surface area contributed by atoms with Gasteiger partial charge < -0.3 is 5.11 Å². The largest absolute Gasteiger partial charge is 0.507 e. The lowest BCUT2D eigenvalue weighted by molar-refractivity contribution is 0.476. The molecule has 0 saturated heterocycles. The summed E-state index contributed by atoms with van der Waals surface area (Å²) in [5.41, 5.74) is 0.593. The lowest BCUT2D eigenvalue weighted by atomic mass is 10.0. The maximum atomic E-state index is 13.8. The number of benzene rings is 2. The minimum absolute atomic E-state index is 0.00325. The Kier molecular flexibility index (Phi) is 2.57. The van der Waals surface area contributed by atoms with Crippen molar-refractivity contribution in [2.75, 3.05) is 0 Å². The fourth-order valence-corrected chi connectivity index (χ4v) is 1.53. The molecule has 0 aliphatic carbocycles. The number of halogens is 1. The molecule has 0 unspecified atom stereocenters. The Morgan fingerprint density at radius 3 is 2.38 bits per heavy atom. The van der Waals surface area contributed by atoms with Crippen LogP contribution in [0, 0.1) is 17.1 Å². The molecule has 0 saturated carbocycles. The molecule has 2 aromatic carbocycles. The minimum Gasteiger partial charge on any atom is -0.507 e. The summed E-state index contributed by atoms with van der Waals surface area (Å²) in [6.07, 6.45) is 0. The van der Waals surface area contributed by atoms with Gasteiger partial charge in [0.2, 0.25) is 0 Å². The van der Waals surface area contributed by atoms with Crippen molar-refractivity contribution in [3.05, 3.63) is 53.8 Å². The van der Waals surface area contributed by atoms with Crippen LogP contribution in [-0.2, 0) is 0 Å². The van der Waals surface area contributed by atoms with Crippen molar-refractivity contribution < 1.29 is 9.50 Å². The van der Waals surface area contributed by atoms with E-state index in [1.807, 2.05) is 0 Å². The van der Waals surface area contributed by atoms with Crippen molar-refractivity contribution in [1.29, 1.82) is 5.26 Å². The molecule has 2 rings (SSSR count). The van der Waals surface area contributed by atoms with E-state index >= 15 is 0 Å². The molecule has 0 radical (unpaired) electrons. The third kappa shape index (κ3) is 1.61. The highest BCUT2D eigenvalue weighted by molar-refractivity contribution is 5.71. The standard InChI is InChI=1S/C13H8FNO/c14-13-9(8-15)4-3-6-11(13)10-5-1-2-7-12(10)16/h1-7,16H. The number of aromatic hydroxyl groups is 1. The molecular weight excluding hydrogens is 205 g/mol. The molecule has 0 amide bonds. The van der Waals surface area contributed by atoms with E-state index in [9.17, 15) is 9.50 Å². The maximum absolute atomic E-state index is 13.8. The molecule has 0 fully saturated rings. The van der Waals surface area contributed by atoms with Crippen LogP contribution in [-0.4, -0.2) is 5.11 Å². The van der Waals surface area contributed by atoms with Crippen LogP contribution in [0.25, 0.3) is 11.1 Å². The van der Waals surface area contributed by atoms with Gasteiger partial charge in [-0.15, -0.1) is 0 Å². The third-order valence-corrected chi connectivity index (χ3v) is 2.31. The van der Waals surface area contributed by atoms with Gasteiger partial charge in [0.1, 0.15) is 17.6 Å². The molecule has 2 aromatic rings. The van der Waals surface area contributed by atoms with Crippen molar-refractivity contribution in [3.63, 3.8) is 0 Å². The molecule has 16 heavy (non-hydrogen) atoms. The number of nitrogens with zero attached hydrogens (tertiary/aromatic N) is 1. The predicted molar refractivity (Wildman–Crippen MR) is 58.2 cm³/mol. The average Bonchev–Trinajstić information content (AvgIpc) is 2.31. The molecule has 0 aliphatic rings. The molecule has 0 aliphatic heterocycles. The normalized spacial score (nSPS) is 9.75. The summed E-state index contributed by atoms with van der Waals surface area (Å²) in [6, 6.07) is 12.7. The van der Waals surface area contributed by atoms with Gasteiger partial charge in [-0.25, -0.2) is 4.39 Å². The fraction of sp³-hybridized carbons (Fsp3) is 0. The van der Waals surface area contributed by atoms with Crippen molar-refractivity contribution in [1.82, 2.24) is 0 Å². The van der Waals surface area contributed by atoms with Crippen molar-refractivity contribution in [3.8, 4) is 22.9 Å². The van der Waals surface area contributed by atoms with Crippen LogP contribution >= 0.6 is 0 Å². The topological polar surface area (TPSA) is 44.0 Å². The van der Waals surface area contributed by atoms with Crippen LogP contribution in [0.4, 0.5) is 4.39 Å². The Hall–Kier alpha value is -2.34. The Labute approximate surface area is 92.2 Å². The molecule has 0 heterocycles. The summed E-state index contributed by atoms with van der Waals surface area (Å²) in [5.74, 6) is -0.608. The summed E-state index contributed by atoms with van der Waals surface area (Å²) in [4.78, 5) is 0. The van der Waals surface area contributed by atoms with Gasteiger partial charge in [0.25, 0.3) is 0 Å². The first-order valence-corrected chi connectivity index (χ1v) is 4.71. The first kappa shape index (κ1) is 10.2. The second kappa shape index (κ2) is 4.03. The van der Waals surface area contributed by atoms with Gasteiger partial charge in [-0.05, 0) is 12.1 Å². The number of hydrogen-bond acceptors (Lipinski definition) is 2. The molecule has 78 valence electrons. The lowest BCUT2D eigenvalue weighted by Crippen LogP contribution is -1.89. The molecule has 0 aromatic heterocycles. The summed E-state index contributed by atoms with van der Waals surface area (Å²) >= 11 is 0. The maximum Gasteiger partial charge on any atom is 0.148 e. The zero-order valence-electron chi connectivity index (χ0n) is 8.31. The fourth-order valence-electron chi connectivity index (χ4n) is 1.53. The Bertz CT molecular complexity index is 572. The van der Waals surface area contributed by atoms with Gasteiger partial charge in [-0.1, -0.05) is 30.3 Å². The Morgan fingerprint density at radius 1 is 1.00 bits per heavy atom. The van der Waals surface area contributed by atoms with Crippen molar-refractivity contribution in [2.24, 2.45) is 0 Å². The smallest absolute Gasteiger partial charge is 0.148 e. The zero-order valence-corrected chi connectivity index (χ0v) is 8.31. The second-order valence-electron chi connectivity index (χ2n) is 3.30. The predicted octanol–water partition coefficient (Wildman–Crippen LogP) is 3.07. The quantitative estimate of drug-likeness (QED) is 0.791. The molecule has 1 N–H and O–H groups in total. The zero-order chi connectivity index (χ0) is 11.5. The second-order valence-corrected chi connectivity index (χ2v) is 3.30. The molecular formula is C13H8FNO. The Balaban J connectivity index is 2.67. The summed E-state index contributed by atoms with van der Waals surface area (Å²) in [5, 5.41) is 18.3. The number of para-hydroxylation sites is 1. The van der Waals surface area contributed by atoms with E-state index in [1.54, 1.807) is 30.3 Å². The molecule has 0 bridgehead atoms. The highest BCUT2D eigenvalue weighted by Gasteiger charge is 2.11. The van der Waals surface area contributed by atoms with Crippen molar-refractivity contribution >= 4 is 0 Å². The van der Waals surface area contributed by atoms with E-state index in [4.69, 9.17) is 5.26 Å². The number of phenolic OH excluding ortho intramolecular Hbond substituents is 1. The average molecular weight is 213 g/mol. The van der Waals surface area contributed by atoms with Crippen LogP contribution < -0.4 is 0 Å². The summed E-state index contributed by atoms with van der Waals surface area (Å²) < 4.78 is 13.8. The van der Waals surface area contributed by atoms with Crippen LogP contribution in [0.5, 0.6) is 5.75 Å². The van der Waals surface area contributed by atoms with Crippen LogP contribution in [0.2, 0.25) is 0 Å². The van der Waals surface area contributed by atoms with Gasteiger partial charge in [0.05, 0.1) is 5.56 Å². The van der Waals surface area contributed by atoms with Gasteiger partial charge >= 0.3 is 0 Å².